The molecule has 0 spiro atoms. The number of anilines is 2. The number of hydrogen-bond acceptors (Lipinski definition) is 7. The molecule has 0 N–H and O–H groups in total. The monoisotopic (exact) mass is 768 g/mol. The van der Waals surface area contributed by atoms with Crippen LogP contribution in [0, 0.1) is 6.92 Å². The van der Waals surface area contributed by atoms with Gasteiger partial charge in [-0.1, -0.05) is 73.7 Å². The van der Waals surface area contributed by atoms with Crippen molar-refractivity contribution < 1.29 is 4.74 Å². The van der Waals surface area contributed by atoms with Crippen molar-refractivity contribution in [1.82, 2.24) is 28.5 Å². The minimum Gasteiger partial charge on any atom is -0.495 e. The molecule has 2 saturated heterocycles. The van der Waals surface area contributed by atoms with E-state index in [1.54, 1.807) is 16.5 Å². The Morgan fingerprint density at radius 3 is 1.49 bits per heavy atom. The second-order valence-corrected chi connectivity index (χ2v) is 14.8. The average molecular weight is 769 g/mol. The Bertz CT molecular complexity index is 2330. The number of hydrogen-bond donors (Lipinski definition) is 0. The largest absolute Gasteiger partial charge is 0.495 e. The Hall–Kier alpha value is -5.78. The molecular weight excluding hydrogens is 713 g/mol. The van der Waals surface area contributed by atoms with Crippen LogP contribution in [-0.2, 0) is 33.6 Å². The lowest BCUT2D eigenvalue weighted by molar-refractivity contribution is 0.241. The fourth-order valence-electron chi connectivity index (χ4n) is 8.24. The maximum absolute atomic E-state index is 13.1. The number of nitrogens with zero attached hydrogens (tertiary/aromatic N) is 8. The van der Waals surface area contributed by atoms with E-state index in [2.05, 4.69) is 69.0 Å². The highest BCUT2D eigenvalue weighted by atomic mass is 16.5. The van der Waals surface area contributed by atoms with Crippen molar-refractivity contribution >= 4 is 11.4 Å². The van der Waals surface area contributed by atoms with Gasteiger partial charge in [0.1, 0.15) is 5.75 Å². The zero-order valence-electron chi connectivity index (χ0n) is 34.1. The van der Waals surface area contributed by atoms with Gasteiger partial charge in [-0.15, -0.1) is 0 Å². The summed E-state index contributed by atoms with van der Waals surface area (Å²) in [5.41, 5.74) is 8.37. The molecule has 0 amide bonds. The van der Waals surface area contributed by atoms with Crippen LogP contribution in [0.3, 0.4) is 0 Å². The Balaban J connectivity index is 0.000000175. The van der Waals surface area contributed by atoms with Crippen LogP contribution in [0.15, 0.2) is 125 Å². The maximum Gasteiger partial charge on any atom is 0.274 e. The lowest BCUT2D eigenvalue weighted by Gasteiger charge is -2.36. The third kappa shape index (κ3) is 8.50. The quantitative estimate of drug-likeness (QED) is 0.173. The molecule has 11 heteroatoms. The smallest absolute Gasteiger partial charge is 0.274 e. The third-order valence-electron chi connectivity index (χ3n) is 11.5. The summed E-state index contributed by atoms with van der Waals surface area (Å²) < 4.78 is 13.1. The van der Waals surface area contributed by atoms with Gasteiger partial charge in [0, 0.05) is 96.4 Å². The van der Waals surface area contributed by atoms with Gasteiger partial charge in [-0.25, -0.2) is 9.36 Å². The van der Waals surface area contributed by atoms with Crippen molar-refractivity contribution in [3.05, 3.63) is 158 Å². The van der Waals surface area contributed by atoms with Gasteiger partial charge in [-0.3, -0.25) is 28.8 Å². The summed E-state index contributed by atoms with van der Waals surface area (Å²) in [7, 11) is 5.70. The van der Waals surface area contributed by atoms with Gasteiger partial charge in [0.2, 0.25) is 0 Å². The zero-order valence-corrected chi connectivity index (χ0v) is 34.1. The highest BCUT2D eigenvalue weighted by Gasteiger charge is 2.25. The summed E-state index contributed by atoms with van der Waals surface area (Å²) in [6.07, 6.45) is 0.739. The first-order valence-electron chi connectivity index (χ1n) is 20.1. The van der Waals surface area contributed by atoms with Gasteiger partial charge in [0.25, 0.3) is 11.1 Å². The normalized spacial score (nSPS) is 15.0. The molecule has 4 aromatic carbocycles. The second-order valence-electron chi connectivity index (χ2n) is 14.8. The van der Waals surface area contributed by atoms with Crippen LogP contribution < -0.4 is 25.7 Å². The molecule has 57 heavy (non-hydrogen) atoms. The van der Waals surface area contributed by atoms with Gasteiger partial charge in [0.15, 0.2) is 0 Å². The molecule has 2 fully saturated rings. The van der Waals surface area contributed by atoms with Crippen LogP contribution >= 0.6 is 0 Å². The van der Waals surface area contributed by atoms with E-state index in [9.17, 15) is 9.59 Å². The molecular formula is C46H56N8O3. The van der Waals surface area contributed by atoms with Crippen LogP contribution in [0.2, 0.25) is 0 Å². The van der Waals surface area contributed by atoms with E-state index in [-0.39, 0.29) is 11.1 Å². The topological polar surface area (TPSA) is 76.1 Å². The van der Waals surface area contributed by atoms with Crippen LogP contribution in [0.1, 0.15) is 29.4 Å². The number of piperazine rings is 2. The molecule has 298 valence electrons. The van der Waals surface area contributed by atoms with Crippen molar-refractivity contribution in [1.29, 1.82) is 0 Å². The molecule has 11 nitrogen and oxygen atoms in total. The summed E-state index contributed by atoms with van der Waals surface area (Å²) in [5, 5.41) is 0. The van der Waals surface area contributed by atoms with E-state index in [0.29, 0.717) is 0 Å². The Labute approximate surface area is 336 Å². The first kappa shape index (κ1) is 39.5. The molecule has 6 aromatic rings. The average Bonchev–Trinajstić information content (AvgIpc) is 3.63. The lowest BCUT2D eigenvalue weighted by atomic mass is 10.1. The molecule has 2 aliphatic rings. The van der Waals surface area contributed by atoms with Crippen molar-refractivity contribution in [3.63, 3.8) is 0 Å². The summed E-state index contributed by atoms with van der Waals surface area (Å²) in [6.45, 7) is 13.4. The molecule has 0 unspecified atom stereocenters. The van der Waals surface area contributed by atoms with E-state index < -0.39 is 0 Å². The van der Waals surface area contributed by atoms with Crippen molar-refractivity contribution in [2.75, 3.05) is 69.3 Å². The Kier molecular flexibility index (Phi) is 12.5. The highest BCUT2D eigenvalue weighted by Crippen LogP contribution is 2.29. The van der Waals surface area contributed by atoms with Crippen molar-refractivity contribution in [3.8, 4) is 17.1 Å². The molecule has 8 rings (SSSR count). The highest BCUT2D eigenvalue weighted by molar-refractivity contribution is 5.58. The van der Waals surface area contributed by atoms with Gasteiger partial charge in [-0.05, 0) is 61.9 Å². The predicted octanol–water partition coefficient (Wildman–Crippen LogP) is 5.88. The summed E-state index contributed by atoms with van der Waals surface area (Å²) in [4.78, 5) is 35.6. The van der Waals surface area contributed by atoms with Gasteiger partial charge >= 0.3 is 0 Å². The SMILES string of the molecule is CCc1c(CN2CCN(c3ccccc3OC)CC2)n(C)n(-c2ccccc2)c1=O.Cc1c(CN2CCN(c3ccccc3)CC2)n(C)n(-c2ccccc2)c1=O. The molecule has 0 bridgehead atoms. The van der Waals surface area contributed by atoms with E-state index >= 15 is 0 Å². The number of rotatable bonds is 10. The molecule has 2 aliphatic heterocycles. The van der Waals surface area contributed by atoms with E-state index in [0.717, 1.165) is 117 Å². The molecule has 4 heterocycles. The lowest BCUT2D eigenvalue weighted by Crippen LogP contribution is -2.46. The molecule has 2 aromatic heterocycles. The van der Waals surface area contributed by atoms with Gasteiger partial charge < -0.3 is 14.5 Å². The summed E-state index contributed by atoms with van der Waals surface area (Å²) in [6, 6.07) is 38.5. The number of methoxy groups -OCH3 is 1. The molecule has 0 saturated carbocycles. The van der Waals surface area contributed by atoms with E-state index in [1.165, 1.54) is 5.69 Å². The maximum atomic E-state index is 13.1. The van der Waals surface area contributed by atoms with E-state index in [4.69, 9.17) is 4.74 Å². The van der Waals surface area contributed by atoms with Gasteiger partial charge in [-0.2, -0.15) is 0 Å². The fourth-order valence-corrected chi connectivity index (χ4v) is 8.24. The Morgan fingerprint density at radius 2 is 0.965 bits per heavy atom. The number of para-hydroxylation sites is 5. The minimum absolute atomic E-state index is 0.0709. The van der Waals surface area contributed by atoms with E-state index in [1.807, 2.05) is 103 Å². The summed E-state index contributed by atoms with van der Waals surface area (Å²) in [5.74, 6) is 0.918. The first-order valence-corrected chi connectivity index (χ1v) is 20.1. The van der Waals surface area contributed by atoms with Crippen LogP contribution in [0.4, 0.5) is 11.4 Å². The number of aromatic nitrogens is 4. The molecule has 0 aliphatic carbocycles. The standard InChI is InChI=1S/C24H30N4O2.C22H26N4O/c1-4-20-22(25(2)28(24(20)29)19-10-6-5-7-11-19)18-26-14-16-27(17-15-26)21-12-8-9-13-23(21)30-3;1-18-21(23(2)26(22(18)27)20-11-7-4-8-12-20)17-24-13-15-25(16-14-24)19-9-5-3-6-10-19/h5-13H,4,14-18H2,1-3H3;3-12H,13-17H2,1-2H3. The number of benzene rings is 4. The third-order valence-corrected chi connectivity index (χ3v) is 11.5. The second kappa shape index (κ2) is 18.0. The fraction of sp³-hybridized carbons (Fsp3) is 0.348. The predicted molar refractivity (Wildman–Crippen MR) is 231 cm³/mol. The van der Waals surface area contributed by atoms with Crippen LogP contribution in [0.5, 0.6) is 5.75 Å². The minimum atomic E-state index is 0.0709. The van der Waals surface area contributed by atoms with Crippen LogP contribution in [0.25, 0.3) is 11.4 Å². The zero-order chi connectivity index (χ0) is 39.9. The molecule has 0 atom stereocenters. The first-order chi connectivity index (χ1) is 27.8. The van der Waals surface area contributed by atoms with Crippen molar-refractivity contribution in [2.45, 2.75) is 33.4 Å². The Morgan fingerprint density at radius 1 is 0.526 bits per heavy atom. The van der Waals surface area contributed by atoms with Crippen LogP contribution in [-0.4, -0.2) is 88.0 Å². The molecule has 0 radical (unpaired) electrons. The number of ether oxygens (including phenoxy) is 1. The summed E-state index contributed by atoms with van der Waals surface area (Å²) >= 11 is 0. The van der Waals surface area contributed by atoms with Crippen molar-refractivity contribution in [2.24, 2.45) is 14.1 Å². The van der Waals surface area contributed by atoms with Gasteiger partial charge in [0.05, 0.1) is 35.6 Å².